The molecule has 1 atom stereocenters. The number of aryl methyl sites for hydroxylation is 1. The number of halogens is 2. The Labute approximate surface area is 260 Å². The minimum Gasteiger partial charge on any atom is -0.489 e. The van der Waals surface area contributed by atoms with Gasteiger partial charge in [0.2, 0.25) is 0 Å². The number of hydrogen-bond donors (Lipinski definition) is 0. The lowest BCUT2D eigenvalue weighted by atomic mass is 9.93. The van der Waals surface area contributed by atoms with E-state index >= 15 is 4.39 Å². The first-order valence-corrected chi connectivity index (χ1v) is 16.0. The Morgan fingerprint density at radius 3 is 2.64 bits per heavy atom. The van der Waals surface area contributed by atoms with E-state index in [0.29, 0.717) is 48.1 Å². The highest BCUT2D eigenvalue weighted by atomic mass is 32.1. The van der Waals surface area contributed by atoms with Crippen molar-refractivity contribution in [1.82, 2.24) is 9.27 Å². The molecule has 0 amide bonds. The number of nitrogens with zero attached hydrogens (tertiary/aromatic N) is 2. The number of benzene rings is 3. The van der Waals surface area contributed by atoms with Crippen LogP contribution in [0.2, 0.25) is 0 Å². The summed E-state index contributed by atoms with van der Waals surface area (Å²) in [6, 6.07) is 19.9. The van der Waals surface area contributed by atoms with Gasteiger partial charge in [-0.2, -0.15) is 4.37 Å². The van der Waals surface area contributed by atoms with Gasteiger partial charge in [0.15, 0.2) is 23.6 Å². The van der Waals surface area contributed by atoms with Gasteiger partial charge < -0.3 is 14.2 Å². The van der Waals surface area contributed by atoms with Crippen molar-refractivity contribution in [3.8, 4) is 33.2 Å². The molecule has 230 valence electrons. The molecule has 0 bridgehead atoms. The molecule has 2 fully saturated rings. The van der Waals surface area contributed by atoms with E-state index in [0.717, 1.165) is 42.4 Å². The second-order valence-corrected chi connectivity index (χ2v) is 12.1. The summed E-state index contributed by atoms with van der Waals surface area (Å²) in [5.74, 6) is -0.0442. The van der Waals surface area contributed by atoms with Crippen LogP contribution in [0.5, 0.6) is 11.5 Å². The van der Waals surface area contributed by atoms with Crippen LogP contribution in [0.3, 0.4) is 0 Å². The van der Waals surface area contributed by atoms with Crippen LogP contribution in [-0.4, -0.2) is 60.9 Å². The lowest BCUT2D eigenvalue weighted by Gasteiger charge is -2.37. The van der Waals surface area contributed by atoms with Gasteiger partial charge in [-0.3, -0.25) is 14.1 Å². The molecule has 0 radical (unpaired) electrons. The van der Waals surface area contributed by atoms with Gasteiger partial charge in [0.05, 0.1) is 29.4 Å². The molecule has 1 aromatic heterocycles. The van der Waals surface area contributed by atoms with Crippen molar-refractivity contribution in [2.45, 2.75) is 38.9 Å². The lowest BCUT2D eigenvalue weighted by Crippen LogP contribution is -2.49. The normalized spacial score (nSPS) is 17.3. The van der Waals surface area contributed by atoms with Gasteiger partial charge in [-0.25, -0.2) is 4.39 Å². The predicted molar refractivity (Wildman–Crippen MR) is 168 cm³/mol. The molecule has 3 heterocycles. The molecule has 4 aromatic rings. The molecule has 6 nitrogen and oxygen atoms in total. The highest BCUT2D eigenvalue weighted by Crippen LogP contribution is 2.39. The molecule has 2 aliphatic heterocycles. The minimum atomic E-state index is -0.604. The number of hydrogen-bond acceptors (Lipinski definition) is 7. The van der Waals surface area contributed by atoms with E-state index < -0.39 is 5.82 Å². The first-order chi connectivity index (χ1) is 21.5. The number of likely N-dealkylation sites (tertiary alicyclic amines) is 1. The van der Waals surface area contributed by atoms with E-state index in [1.165, 1.54) is 23.7 Å². The van der Waals surface area contributed by atoms with Crippen molar-refractivity contribution < 1.29 is 27.8 Å². The van der Waals surface area contributed by atoms with Crippen molar-refractivity contribution in [3.05, 3.63) is 89.2 Å². The fraction of sp³-hybridized carbons (Fsp3) is 0.371. The number of rotatable bonds is 12. The molecule has 0 saturated carbocycles. The van der Waals surface area contributed by atoms with Crippen LogP contribution in [0.1, 0.15) is 47.7 Å². The Bertz CT molecular complexity index is 1580. The van der Waals surface area contributed by atoms with Crippen molar-refractivity contribution in [1.29, 1.82) is 0 Å². The molecule has 9 heteroatoms. The smallest absolute Gasteiger partial charge is 0.199 e. The molecular formula is C35H36F2N2O4S. The maximum absolute atomic E-state index is 15.2. The second-order valence-electron chi connectivity index (χ2n) is 11.3. The topological polar surface area (TPSA) is 60.9 Å². The lowest BCUT2D eigenvalue weighted by molar-refractivity contribution is -0.105. The fourth-order valence-electron chi connectivity index (χ4n) is 5.73. The van der Waals surface area contributed by atoms with Gasteiger partial charge >= 0.3 is 0 Å². The average Bonchev–Trinajstić information content (AvgIpc) is 3.48. The molecule has 1 unspecified atom stereocenters. The van der Waals surface area contributed by atoms with Crippen molar-refractivity contribution in [2.75, 3.05) is 39.5 Å². The summed E-state index contributed by atoms with van der Waals surface area (Å²) in [5, 5.41) is 0. The van der Waals surface area contributed by atoms with Crippen LogP contribution in [-0.2, 0) is 11.2 Å². The third-order valence-electron chi connectivity index (χ3n) is 8.20. The van der Waals surface area contributed by atoms with Crippen LogP contribution >= 0.6 is 11.5 Å². The van der Waals surface area contributed by atoms with Crippen molar-refractivity contribution >= 4 is 17.3 Å². The van der Waals surface area contributed by atoms with Crippen LogP contribution in [0, 0.1) is 11.7 Å². The monoisotopic (exact) mass is 618 g/mol. The molecule has 2 saturated heterocycles. The van der Waals surface area contributed by atoms with Crippen LogP contribution < -0.4 is 9.47 Å². The van der Waals surface area contributed by atoms with Crippen molar-refractivity contribution in [2.24, 2.45) is 5.92 Å². The highest BCUT2D eigenvalue weighted by Gasteiger charge is 2.27. The van der Waals surface area contributed by atoms with Gasteiger partial charge in [-0.15, -0.1) is 0 Å². The summed E-state index contributed by atoms with van der Waals surface area (Å²) in [7, 11) is 0. The summed E-state index contributed by atoms with van der Waals surface area (Å²) in [5.41, 5.74) is 4.03. The standard InChI is InChI=1S/C35H36F2N2O4S/c1-2-24-7-3-4-8-28(24)33-32(35(44-38-33)25-10-13-27(14-11-25)43-31-9-5-6-17-42-31)34(40)26-12-15-30(29(37)19-26)41-18-16-39-21-23(20-36)22-39/h3-4,7-8,10-15,19,23,31H,2,5-6,9,16-18,20-22H2,1H3. The van der Waals surface area contributed by atoms with Crippen LogP contribution in [0.25, 0.3) is 21.7 Å². The average molecular weight is 619 g/mol. The van der Waals surface area contributed by atoms with Gasteiger partial charge in [0.1, 0.15) is 12.4 Å². The highest BCUT2D eigenvalue weighted by molar-refractivity contribution is 7.10. The second kappa shape index (κ2) is 14.0. The van der Waals surface area contributed by atoms with Crippen LogP contribution in [0.15, 0.2) is 66.7 Å². The number of carbonyl (C=O) groups is 1. The Balaban J connectivity index is 1.27. The largest absolute Gasteiger partial charge is 0.489 e. The quantitative estimate of drug-likeness (QED) is 0.153. The third kappa shape index (κ3) is 6.70. The Morgan fingerprint density at radius 2 is 1.91 bits per heavy atom. The Kier molecular flexibility index (Phi) is 9.64. The fourth-order valence-corrected chi connectivity index (χ4v) is 6.62. The molecule has 2 aliphatic rings. The van der Waals surface area contributed by atoms with E-state index in [1.54, 1.807) is 6.07 Å². The number of alkyl halides is 1. The van der Waals surface area contributed by atoms with Gasteiger partial charge in [0.25, 0.3) is 0 Å². The maximum Gasteiger partial charge on any atom is 0.199 e. The number of ether oxygens (including phenoxy) is 3. The van der Waals surface area contributed by atoms with Crippen molar-refractivity contribution in [3.63, 3.8) is 0 Å². The molecule has 3 aromatic carbocycles. The molecule has 0 N–H and O–H groups in total. The first kappa shape index (κ1) is 30.4. The zero-order chi connectivity index (χ0) is 30.5. The molecular weight excluding hydrogens is 582 g/mol. The minimum absolute atomic E-state index is 0.0851. The summed E-state index contributed by atoms with van der Waals surface area (Å²) in [4.78, 5) is 17.0. The van der Waals surface area contributed by atoms with Gasteiger partial charge in [-0.05, 0) is 84.4 Å². The van der Waals surface area contributed by atoms with Crippen LogP contribution in [0.4, 0.5) is 8.78 Å². The summed E-state index contributed by atoms with van der Waals surface area (Å²) < 4.78 is 50.1. The van der Waals surface area contributed by atoms with Gasteiger partial charge in [-0.1, -0.05) is 31.2 Å². The Morgan fingerprint density at radius 1 is 1.09 bits per heavy atom. The van der Waals surface area contributed by atoms with E-state index in [4.69, 9.17) is 18.6 Å². The van der Waals surface area contributed by atoms with E-state index in [1.807, 2.05) is 48.5 Å². The zero-order valence-corrected chi connectivity index (χ0v) is 25.6. The predicted octanol–water partition coefficient (Wildman–Crippen LogP) is 7.60. The molecule has 0 spiro atoms. The maximum atomic E-state index is 15.2. The van der Waals surface area contributed by atoms with E-state index in [9.17, 15) is 9.18 Å². The first-order valence-electron chi connectivity index (χ1n) is 15.3. The van der Waals surface area contributed by atoms with Gasteiger partial charge in [0, 0.05) is 43.1 Å². The summed E-state index contributed by atoms with van der Waals surface area (Å²) >= 11 is 1.26. The van der Waals surface area contributed by atoms with E-state index in [-0.39, 0.29) is 42.6 Å². The summed E-state index contributed by atoms with van der Waals surface area (Å²) in [6.45, 7) is 4.72. The molecule has 44 heavy (non-hydrogen) atoms. The zero-order valence-electron chi connectivity index (χ0n) is 24.8. The summed E-state index contributed by atoms with van der Waals surface area (Å²) in [6.07, 6.45) is 3.50. The van der Waals surface area contributed by atoms with E-state index in [2.05, 4.69) is 11.8 Å². The Hall–Kier alpha value is -3.66. The third-order valence-corrected chi connectivity index (χ3v) is 9.10. The SMILES string of the molecule is CCc1ccccc1-c1nsc(-c2ccc(OC3CCCCO3)cc2)c1C(=O)c1ccc(OCCN2CC(CF)C2)c(F)c1. The number of aromatic nitrogens is 1. The number of carbonyl (C=O) groups excluding carboxylic acids is 1. The molecule has 0 aliphatic carbocycles. The molecule has 6 rings (SSSR count). The number of ketones is 1.